The van der Waals surface area contributed by atoms with Crippen LogP contribution >= 0.6 is 11.6 Å². The SMILES string of the molecule is COc1ccc(Cl)cc1NC(=O)COC(=O)C=Cc1ccco1. The van der Waals surface area contributed by atoms with Crippen LogP contribution in [-0.4, -0.2) is 25.6 Å². The largest absolute Gasteiger partial charge is 0.495 e. The summed E-state index contributed by atoms with van der Waals surface area (Å²) in [7, 11) is 1.47. The molecule has 1 N–H and O–H groups in total. The average molecular weight is 336 g/mol. The monoisotopic (exact) mass is 335 g/mol. The van der Waals surface area contributed by atoms with Crippen LogP contribution in [0.4, 0.5) is 5.69 Å². The summed E-state index contributed by atoms with van der Waals surface area (Å²) in [5.41, 5.74) is 0.396. The average Bonchev–Trinajstić information content (AvgIpc) is 3.04. The molecule has 0 radical (unpaired) electrons. The van der Waals surface area contributed by atoms with Crippen molar-refractivity contribution in [3.63, 3.8) is 0 Å². The lowest BCUT2D eigenvalue weighted by Crippen LogP contribution is -2.20. The van der Waals surface area contributed by atoms with Crippen LogP contribution in [-0.2, 0) is 14.3 Å². The molecule has 0 saturated heterocycles. The van der Waals surface area contributed by atoms with Crippen LogP contribution < -0.4 is 10.1 Å². The number of furan rings is 1. The van der Waals surface area contributed by atoms with Crippen molar-refractivity contribution in [3.8, 4) is 5.75 Å². The summed E-state index contributed by atoms with van der Waals surface area (Å²) in [6.07, 6.45) is 4.10. The Morgan fingerprint density at radius 3 is 2.87 bits per heavy atom. The van der Waals surface area contributed by atoms with Gasteiger partial charge in [-0.05, 0) is 36.4 Å². The van der Waals surface area contributed by atoms with Crippen molar-refractivity contribution < 1.29 is 23.5 Å². The highest BCUT2D eigenvalue weighted by Gasteiger charge is 2.10. The minimum atomic E-state index is -0.658. The maximum absolute atomic E-state index is 11.8. The molecule has 0 unspecified atom stereocenters. The molecule has 7 heteroatoms. The van der Waals surface area contributed by atoms with E-state index in [0.717, 1.165) is 0 Å². The third-order valence-electron chi connectivity index (χ3n) is 2.71. The molecular weight excluding hydrogens is 322 g/mol. The topological polar surface area (TPSA) is 77.8 Å². The fourth-order valence-corrected chi connectivity index (χ4v) is 1.86. The Labute approximate surface area is 137 Å². The number of hydrogen-bond donors (Lipinski definition) is 1. The first kappa shape index (κ1) is 16.6. The molecule has 1 heterocycles. The smallest absolute Gasteiger partial charge is 0.331 e. The fourth-order valence-electron chi connectivity index (χ4n) is 1.69. The molecule has 2 aromatic rings. The highest BCUT2D eigenvalue weighted by atomic mass is 35.5. The Kier molecular flexibility index (Phi) is 5.82. The van der Waals surface area contributed by atoms with Gasteiger partial charge in [0, 0.05) is 11.1 Å². The molecular formula is C16H14ClNO5. The number of amides is 1. The minimum Gasteiger partial charge on any atom is -0.495 e. The molecule has 0 spiro atoms. The highest BCUT2D eigenvalue weighted by Crippen LogP contribution is 2.27. The van der Waals surface area contributed by atoms with E-state index in [1.54, 1.807) is 24.3 Å². The summed E-state index contributed by atoms with van der Waals surface area (Å²) >= 11 is 5.86. The van der Waals surface area contributed by atoms with Gasteiger partial charge < -0.3 is 19.2 Å². The first-order valence-electron chi connectivity index (χ1n) is 6.60. The second kappa shape index (κ2) is 8.05. The van der Waals surface area contributed by atoms with E-state index in [1.165, 1.54) is 31.6 Å². The molecule has 2 rings (SSSR count). The zero-order chi connectivity index (χ0) is 16.7. The molecule has 1 aromatic carbocycles. The maximum Gasteiger partial charge on any atom is 0.331 e. The van der Waals surface area contributed by atoms with Gasteiger partial charge in [0.2, 0.25) is 0 Å². The van der Waals surface area contributed by atoms with E-state index in [-0.39, 0.29) is 0 Å². The lowest BCUT2D eigenvalue weighted by atomic mass is 10.3. The second-order valence-corrected chi connectivity index (χ2v) is 4.79. The number of esters is 1. The summed E-state index contributed by atoms with van der Waals surface area (Å²) in [5.74, 6) is -0.207. The van der Waals surface area contributed by atoms with Crippen LogP contribution in [0.3, 0.4) is 0 Å². The number of nitrogens with one attached hydrogen (secondary N) is 1. The van der Waals surface area contributed by atoms with Crippen molar-refractivity contribution in [2.45, 2.75) is 0 Å². The van der Waals surface area contributed by atoms with E-state index < -0.39 is 18.5 Å². The Hall–Kier alpha value is -2.73. The Bertz CT molecular complexity index is 709. The van der Waals surface area contributed by atoms with Gasteiger partial charge in [-0.1, -0.05) is 11.6 Å². The molecule has 0 aliphatic carbocycles. The number of anilines is 1. The Morgan fingerprint density at radius 1 is 1.35 bits per heavy atom. The van der Waals surface area contributed by atoms with Crippen molar-refractivity contribution >= 4 is 35.2 Å². The molecule has 0 aliphatic rings. The van der Waals surface area contributed by atoms with Gasteiger partial charge in [0.25, 0.3) is 5.91 Å². The van der Waals surface area contributed by atoms with Crippen molar-refractivity contribution in [1.29, 1.82) is 0 Å². The normalized spacial score (nSPS) is 10.5. The van der Waals surface area contributed by atoms with Gasteiger partial charge in [0.1, 0.15) is 11.5 Å². The van der Waals surface area contributed by atoms with Crippen molar-refractivity contribution in [2.75, 3.05) is 19.0 Å². The number of hydrogen-bond acceptors (Lipinski definition) is 5. The number of carbonyl (C=O) groups is 2. The molecule has 120 valence electrons. The van der Waals surface area contributed by atoms with Crippen molar-refractivity contribution in [3.05, 3.63) is 53.5 Å². The number of halogens is 1. The standard InChI is InChI=1S/C16H14ClNO5/c1-21-14-6-4-11(17)9-13(14)18-15(19)10-23-16(20)7-5-12-3-2-8-22-12/h2-9H,10H2,1H3,(H,18,19). The molecule has 0 saturated carbocycles. The molecule has 0 aliphatic heterocycles. The molecule has 0 bridgehead atoms. The van der Waals surface area contributed by atoms with Gasteiger partial charge in [-0.15, -0.1) is 0 Å². The maximum atomic E-state index is 11.8. The van der Waals surface area contributed by atoms with Gasteiger partial charge in [-0.2, -0.15) is 0 Å². The molecule has 1 amide bonds. The van der Waals surface area contributed by atoms with Gasteiger partial charge in [0.15, 0.2) is 6.61 Å². The van der Waals surface area contributed by atoms with Crippen LogP contribution in [0.15, 0.2) is 47.1 Å². The Balaban J connectivity index is 1.85. The summed E-state index contributed by atoms with van der Waals surface area (Å²) in [6, 6.07) is 8.17. The fraction of sp³-hybridized carbons (Fsp3) is 0.125. The lowest BCUT2D eigenvalue weighted by Gasteiger charge is -2.10. The highest BCUT2D eigenvalue weighted by molar-refractivity contribution is 6.31. The lowest BCUT2D eigenvalue weighted by molar-refractivity contribution is -0.142. The molecule has 1 aromatic heterocycles. The summed E-state index contributed by atoms with van der Waals surface area (Å²) in [6.45, 7) is -0.434. The first-order chi connectivity index (χ1) is 11.1. The third kappa shape index (κ3) is 5.19. The van der Waals surface area contributed by atoms with Crippen LogP contribution in [0.1, 0.15) is 5.76 Å². The summed E-state index contributed by atoms with van der Waals surface area (Å²) in [5, 5.41) is 3.00. The zero-order valence-electron chi connectivity index (χ0n) is 12.2. The summed E-state index contributed by atoms with van der Waals surface area (Å²) in [4.78, 5) is 23.3. The predicted molar refractivity (Wildman–Crippen MR) is 85.3 cm³/mol. The zero-order valence-corrected chi connectivity index (χ0v) is 13.0. The van der Waals surface area contributed by atoms with Crippen molar-refractivity contribution in [1.82, 2.24) is 0 Å². The molecule has 0 fully saturated rings. The van der Waals surface area contributed by atoms with Gasteiger partial charge >= 0.3 is 5.97 Å². The number of carbonyl (C=O) groups excluding carboxylic acids is 2. The number of benzene rings is 1. The van der Waals surface area contributed by atoms with Gasteiger partial charge in [-0.3, -0.25) is 4.79 Å². The van der Waals surface area contributed by atoms with E-state index in [9.17, 15) is 9.59 Å². The quantitative estimate of drug-likeness (QED) is 0.648. The van der Waals surface area contributed by atoms with E-state index in [4.69, 9.17) is 25.5 Å². The minimum absolute atomic E-state index is 0.396. The van der Waals surface area contributed by atoms with E-state index in [0.29, 0.717) is 22.2 Å². The number of methoxy groups -OCH3 is 1. The van der Waals surface area contributed by atoms with E-state index in [1.807, 2.05) is 0 Å². The number of ether oxygens (including phenoxy) is 2. The first-order valence-corrected chi connectivity index (χ1v) is 6.98. The van der Waals surface area contributed by atoms with Gasteiger partial charge in [-0.25, -0.2) is 4.79 Å². The van der Waals surface area contributed by atoms with Crippen molar-refractivity contribution in [2.24, 2.45) is 0 Å². The van der Waals surface area contributed by atoms with Crippen LogP contribution in [0.25, 0.3) is 6.08 Å². The second-order valence-electron chi connectivity index (χ2n) is 4.35. The van der Waals surface area contributed by atoms with Gasteiger partial charge in [0.05, 0.1) is 19.1 Å². The predicted octanol–water partition coefficient (Wildman–Crippen LogP) is 3.14. The molecule has 0 atom stereocenters. The molecule has 23 heavy (non-hydrogen) atoms. The van der Waals surface area contributed by atoms with E-state index >= 15 is 0 Å². The van der Waals surface area contributed by atoms with Crippen LogP contribution in [0.2, 0.25) is 5.02 Å². The third-order valence-corrected chi connectivity index (χ3v) is 2.94. The van der Waals surface area contributed by atoms with Crippen LogP contribution in [0, 0.1) is 0 Å². The summed E-state index contributed by atoms with van der Waals surface area (Å²) < 4.78 is 15.0. The molecule has 6 nitrogen and oxygen atoms in total. The van der Waals surface area contributed by atoms with Crippen LogP contribution in [0.5, 0.6) is 5.75 Å². The van der Waals surface area contributed by atoms with E-state index in [2.05, 4.69) is 5.32 Å². The number of rotatable bonds is 6. The Morgan fingerprint density at radius 2 is 2.17 bits per heavy atom.